The summed E-state index contributed by atoms with van der Waals surface area (Å²) in [6, 6.07) is 0.425. The van der Waals surface area contributed by atoms with E-state index in [-0.39, 0.29) is 0 Å². The van der Waals surface area contributed by atoms with Crippen LogP contribution in [0.5, 0.6) is 0 Å². The van der Waals surface area contributed by atoms with Gasteiger partial charge in [0.15, 0.2) is 5.82 Å². The second-order valence-corrected chi connectivity index (χ2v) is 5.05. The van der Waals surface area contributed by atoms with E-state index in [9.17, 15) is 0 Å². The summed E-state index contributed by atoms with van der Waals surface area (Å²) in [5.74, 6) is 0.618. The molecule has 0 atom stereocenters. The first kappa shape index (κ1) is 9.60. The van der Waals surface area contributed by atoms with Crippen LogP contribution in [-0.4, -0.2) is 15.1 Å². The van der Waals surface area contributed by atoms with E-state index in [1.165, 1.54) is 0 Å². The molecule has 0 radical (unpaired) electrons. The van der Waals surface area contributed by atoms with Crippen LogP contribution in [0.1, 0.15) is 10.8 Å². The van der Waals surface area contributed by atoms with Crippen molar-refractivity contribution in [2.45, 2.75) is 13.5 Å². The van der Waals surface area contributed by atoms with E-state index in [1.54, 1.807) is 24.5 Å². The van der Waals surface area contributed by atoms with Crippen LogP contribution in [0.4, 0.5) is 6.01 Å². The zero-order valence-electron chi connectivity index (χ0n) is 7.32. The molecule has 0 spiro atoms. The van der Waals surface area contributed by atoms with Gasteiger partial charge in [-0.05, 0) is 22.9 Å². The van der Waals surface area contributed by atoms with E-state index < -0.39 is 0 Å². The van der Waals surface area contributed by atoms with Crippen LogP contribution in [0.15, 0.2) is 14.5 Å². The van der Waals surface area contributed by atoms with Crippen LogP contribution in [0.3, 0.4) is 0 Å². The molecule has 1 N–H and O–H groups in total. The highest BCUT2D eigenvalue weighted by molar-refractivity contribution is 9.11. The zero-order chi connectivity index (χ0) is 9.97. The van der Waals surface area contributed by atoms with Crippen molar-refractivity contribution in [3.63, 3.8) is 0 Å². The van der Waals surface area contributed by atoms with Gasteiger partial charge in [0.2, 0.25) is 0 Å². The van der Waals surface area contributed by atoms with Crippen LogP contribution in [0, 0.1) is 6.92 Å². The summed E-state index contributed by atoms with van der Waals surface area (Å²) >= 11 is 4.91. The summed E-state index contributed by atoms with van der Waals surface area (Å²) in [5, 5.41) is 7.61. The SMILES string of the molecule is Cc1noc(NCc2ncc(Br)s2)n1. The number of nitrogens with zero attached hydrogens (tertiary/aromatic N) is 3. The number of aromatic nitrogens is 3. The Morgan fingerprint density at radius 3 is 3.07 bits per heavy atom. The van der Waals surface area contributed by atoms with Crippen molar-refractivity contribution in [1.82, 2.24) is 15.1 Å². The molecule has 0 aromatic carbocycles. The second-order valence-electron chi connectivity index (χ2n) is 2.56. The Morgan fingerprint density at radius 2 is 2.50 bits per heavy atom. The molecule has 0 bridgehead atoms. The predicted octanol–water partition coefficient (Wildman–Crippen LogP) is 2.21. The fourth-order valence-electron chi connectivity index (χ4n) is 0.890. The van der Waals surface area contributed by atoms with Crippen LogP contribution in [0.2, 0.25) is 0 Å². The molecule has 0 aliphatic rings. The first-order valence-electron chi connectivity index (χ1n) is 3.88. The maximum absolute atomic E-state index is 4.89. The van der Waals surface area contributed by atoms with Crippen molar-refractivity contribution in [1.29, 1.82) is 0 Å². The van der Waals surface area contributed by atoms with E-state index in [0.29, 0.717) is 18.4 Å². The fraction of sp³-hybridized carbons (Fsp3) is 0.286. The minimum absolute atomic E-state index is 0.425. The Labute approximate surface area is 92.7 Å². The number of hydrogen-bond acceptors (Lipinski definition) is 6. The number of nitrogens with one attached hydrogen (secondary N) is 1. The molecule has 2 heterocycles. The van der Waals surface area contributed by atoms with Crippen molar-refractivity contribution in [2.75, 3.05) is 5.32 Å². The Balaban J connectivity index is 1.94. The number of halogens is 1. The minimum atomic E-state index is 0.425. The molecule has 7 heteroatoms. The molecule has 0 amide bonds. The predicted molar refractivity (Wildman–Crippen MR) is 56.2 cm³/mol. The van der Waals surface area contributed by atoms with Crippen LogP contribution < -0.4 is 5.32 Å². The number of aryl methyl sites for hydroxylation is 1. The minimum Gasteiger partial charge on any atom is -0.331 e. The molecule has 2 aromatic heterocycles. The van der Waals surface area contributed by atoms with Crippen LogP contribution >= 0.6 is 27.3 Å². The van der Waals surface area contributed by atoms with Gasteiger partial charge in [0.25, 0.3) is 0 Å². The van der Waals surface area contributed by atoms with Crippen molar-refractivity contribution in [3.05, 3.63) is 20.8 Å². The average Bonchev–Trinajstić information content (AvgIpc) is 2.72. The molecule has 2 rings (SSSR count). The summed E-state index contributed by atoms with van der Waals surface area (Å²) in [6.07, 6.45) is 1.76. The lowest BCUT2D eigenvalue weighted by molar-refractivity contribution is 0.425. The highest BCUT2D eigenvalue weighted by atomic mass is 79.9. The largest absolute Gasteiger partial charge is 0.331 e. The lowest BCUT2D eigenvalue weighted by Gasteiger charge is -1.94. The van der Waals surface area contributed by atoms with Gasteiger partial charge in [-0.2, -0.15) is 4.98 Å². The lowest BCUT2D eigenvalue weighted by atomic mass is 10.6. The molecule has 0 aliphatic carbocycles. The molecule has 74 valence electrons. The van der Waals surface area contributed by atoms with Gasteiger partial charge in [0.05, 0.1) is 16.5 Å². The third-order valence-electron chi connectivity index (χ3n) is 1.44. The maximum Gasteiger partial charge on any atom is 0.321 e. The maximum atomic E-state index is 4.89. The molecule has 2 aromatic rings. The quantitative estimate of drug-likeness (QED) is 0.930. The van der Waals surface area contributed by atoms with E-state index in [0.717, 1.165) is 8.79 Å². The highest BCUT2D eigenvalue weighted by Crippen LogP contribution is 2.19. The Kier molecular flexibility index (Phi) is 2.78. The zero-order valence-corrected chi connectivity index (χ0v) is 9.72. The Hall–Kier alpha value is -0.950. The molecule has 0 saturated heterocycles. The molecule has 0 unspecified atom stereocenters. The molecule has 0 fully saturated rings. The van der Waals surface area contributed by atoms with Gasteiger partial charge < -0.3 is 9.84 Å². The summed E-state index contributed by atoms with van der Waals surface area (Å²) in [4.78, 5) is 8.17. The summed E-state index contributed by atoms with van der Waals surface area (Å²) in [7, 11) is 0. The first-order valence-corrected chi connectivity index (χ1v) is 5.49. The number of anilines is 1. The topological polar surface area (TPSA) is 63.8 Å². The summed E-state index contributed by atoms with van der Waals surface area (Å²) < 4.78 is 5.90. The van der Waals surface area contributed by atoms with E-state index in [1.807, 2.05) is 0 Å². The Bertz CT molecular complexity index is 387. The summed E-state index contributed by atoms with van der Waals surface area (Å²) in [6.45, 7) is 2.37. The van der Waals surface area contributed by atoms with Gasteiger partial charge in [-0.25, -0.2) is 4.98 Å². The van der Waals surface area contributed by atoms with Crippen molar-refractivity contribution >= 4 is 33.3 Å². The van der Waals surface area contributed by atoms with Gasteiger partial charge in [-0.1, -0.05) is 5.16 Å². The van der Waals surface area contributed by atoms with Crippen molar-refractivity contribution < 1.29 is 4.52 Å². The van der Waals surface area contributed by atoms with Gasteiger partial charge in [0, 0.05) is 0 Å². The Morgan fingerprint density at radius 1 is 1.64 bits per heavy atom. The second kappa shape index (κ2) is 4.05. The molecular formula is C7H7BrN4OS. The normalized spacial score (nSPS) is 10.4. The van der Waals surface area contributed by atoms with Gasteiger partial charge >= 0.3 is 6.01 Å². The molecule has 0 saturated carbocycles. The van der Waals surface area contributed by atoms with Gasteiger partial charge in [-0.15, -0.1) is 11.3 Å². The van der Waals surface area contributed by atoms with Crippen LogP contribution in [-0.2, 0) is 6.54 Å². The third-order valence-corrected chi connectivity index (χ3v) is 2.92. The lowest BCUT2D eigenvalue weighted by Crippen LogP contribution is -1.98. The molecular weight excluding hydrogens is 268 g/mol. The fourth-order valence-corrected chi connectivity index (χ4v) is 2.13. The van der Waals surface area contributed by atoms with E-state index in [2.05, 4.69) is 36.4 Å². The average molecular weight is 275 g/mol. The molecule has 5 nitrogen and oxygen atoms in total. The summed E-state index contributed by atoms with van der Waals surface area (Å²) in [5.41, 5.74) is 0. The number of rotatable bonds is 3. The number of hydrogen-bond donors (Lipinski definition) is 1. The third kappa shape index (κ3) is 2.30. The van der Waals surface area contributed by atoms with Crippen LogP contribution in [0.25, 0.3) is 0 Å². The van der Waals surface area contributed by atoms with E-state index in [4.69, 9.17) is 4.52 Å². The first-order chi connectivity index (χ1) is 6.74. The van der Waals surface area contributed by atoms with Gasteiger partial charge in [-0.3, -0.25) is 0 Å². The van der Waals surface area contributed by atoms with Crippen molar-refractivity contribution in [3.8, 4) is 0 Å². The highest BCUT2D eigenvalue weighted by Gasteiger charge is 2.03. The molecule has 14 heavy (non-hydrogen) atoms. The van der Waals surface area contributed by atoms with Crippen molar-refractivity contribution in [2.24, 2.45) is 0 Å². The van der Waals surface area contributed by atoms with Gasteiger partial charge in [0.1, 0.15) is 5.01 Å². The number of thiazole rings is 1. The monoisotopic (exact) mass is 274 g/mol. The smallest absolute Gasteiger partial charge is 0.321 e. The standard InChI is InChI=1S/C7H7BrN4OS/c1-4-11-7(13-12-4)10-3-6-9-2-5(8)14-6/h2H,3H2,1H3,(H,10,11,12). The van der Waals surface area contributed by atoms with E-state index >= 15 is 0 Å². The molecule has 0 aliphatic heterocycles.